The van der Waals surface area contributed by atoms with E-state index in [1.807, 2.05) is 13.0 Å². The van der Waals surface area contributed by atoms with Crippen LogP contribution in [0.4, 0.5) is 5.69 Å². The maximum Gasteiger partial charge on any atom is 0.251 e. The molecule has 1 atom stereocenters. The maximum absolute atomic E-state index is 12.6. The minimum atomic E-state index is -3.73. The van der Waals surface area contributed by atoms with Crippen LogP contribution in [0.15, 0.2) is 53.4 Å². The molecule has 1 fully saturated rings. The fraction of sp³-hybridized carbons (Fsp3) is 0.222. The van der Waals surface area contributed by atoms with Gasteiger partial charge in [-0.25, -0.2) is 18.5 Å². The van der Waals surface area contributed by atoms with E-state index in [0.717, 1.165) is 11.1 Å². The molecule has 0 bridgehead atoms. The number of carbonyl (C=O) groups excluding carboxylic acids is 2. The third-order valence-electron chi connectivity index (χ3n) is 4.21. The van der Waals surface area contributed by atoms with Gasteiger partial charge in [0.2, 0.25) is 15.9 Å². The summed E-state index contributed by atoms with van der Waals surface area (Å²) >= 11 is 0. The second kappa shape index (κ2) is 6.99. The number of anilines is 1. The van der Waals surface area contributed by atoms with Crippen LogP contribution in [0, 0.1) is 6.92 Å². The van der Waals surface area contributed by atoms with Gasteiger partial charge in [0.15, 0.2) is 0 Å². The van der Waals surface area contributed by atoms with Gasteiger partial charge in [-0.15, -0.1) is 0 Å². The Balaban J connectivity index is 1.68. The third-order valence-corrected chi connectivity index (χ3v) is 5.14. The number of amides is 2. The number of nitrogens with one attached hydrogen (secondary N) is 1. The number of rotatable bonds is 5. The van der Waals surface area contributed by atoms with Gasteiger partial charge >= 0.3 is 0 Å². The highest BCUT2D eigenvalue weighted by Gasteiger charge is 2.39. The van der Waals surface area contributed by atoms with Crippen LogP contribution in [0.5, 0.6) is 0 Å². The first-order valence-corrected chi connectivity index (χ1v) is 9.59. The van der Waals surface area contributed by atoms with Gasteiger partial charge < -0.3 is 5.32 Å². The smallest absolute Gasteiger partial charge is 0.251 e. The van der Waals surface area contributed by atoms with E-state index in [0.29, 0.717) is 12.2 Å². The second-order valence-electron chi connectivity index (χ2n) is 6.23. The molecule has 2 aromatic rings. The van der Waals surface area contributed by atoms with Crippen molar-refractivity contribution in [1.82, 2.24) is 5.32 Å². The molecule has 1 saturated heterocycles. The van der Waals surface area contributed by atoms with Crippen LogP contribution < -0.4 is 15.4 Å². The van der Waals surface area contributed by atoms with Crippen LogP contribution in [0.3, 0.4) is 0 Å². The van der Waals surface area contributed by atoms with Crippen LogP contribution in [-0.2, 0) is 26.2 Å². The van der Waals surface area contributed by atoms with Gasteiger partial charge in [-0.2, -0.15) is 0 Å². The van der Waals surface area contributed by atoms with Crippen molar-refractivity contribution < 1.29 is 18.0 Å². The normalized spacial score (nSPS) is 17.8. The predicted molar refractivity (Wildman–Crippen MR) is 96.7 cm³/mol. The Bertz CT molecular complexity index is 955. The van der Waals surface area contributed by atoms with Crippen LogP contribution in [0.1, 0.15) is 17.5 Å². The number of benzene rings is 2. The fourth-order valence-corrected chi connectivity index (χ4v) is 3.38. The molecule has 7 nitrogen and oxygen atoms in total. The highest BCUT2D eigenvalue weighted by molar-refractivity contribution is 7.89. The molecule has 2 amide bonds. The third kappa shape index (κ3) is 3.82. The minimum Gasteiger partial charge on any atom is -0.301 e. The highest BCUT2D eigenvalue weighted by Crippen LogP contribution is 2.24. The first-order valence-electron chi connectivity index (χ1n) is 8.04. The van der Waals surface area contributed by atoms with E-state index in [4.69, 9.17) is 5.14 Å². The summed E-state index contributed by atoms with van der Waals surface area (Å²) in [5.74, 6) is -0.538. The largest absolute Gasteiger partial charge is 0.301 e. The summed E-state index contributed by atoms with van der Waals surface area (Å²) in [5, 5.41) is 8.12. The summed E-state index contributed by atoms with van der Waals surface area (Å²) in [5.41, 5.74) is 2.32. The summed E-state index contributed by atoms with van der Waals surface area (Å²) in [6.45, 7) is 2.23. The van der Waals surface area contributed by atoms with E-state index in [-0.39, 0.29) is 23.1 Å². The number of primary sulfonamides is 1. The lowest BCUT2D eigenvalue weighted by Crippen LogP contribution is -2.38. The molecule has 0 spiro atoms. The van der Waals surface area contributed by atoms with Crippen molar-refractivity contribution in [3.05, 3.63) is 59.7 Å². The molecule has 1 aliphatic heterocycles. The average Bonchev–Trinajstić information content (AvgIpc) is 2.86. The van der Waals surface area contributed by atoms with Gasteiger partial charge in [0.25, 0.3) is 5.91 Å². The zero-order chi connectivity index (χ0) is 18.9. The van der Waals surface area contributed by atoms with Crippen LogP contribution in [0.25, 0.3) is 0 Å². The molecule has 26 heavy (non-hydrogen) atoms. The predicted octanol–water partition coefficient (Wildman–Crippen LogP) is 1.06. The number of aryl methyl sites for hydroxylation is 1. The summed E-state index contributed by atoms with van der Waals surface area (Å²) < 4.78 is 22.5. The van der Waals surface area contributed by atoms with Crippen molar-refractivity contribution in [3.63, 3.8) is 0 Å². The Morgan fingerprint density at radius 3 is 2.46 bits per heavy atom. The Morgan fingerprint density at radius 1 is 1.15 bits per heavy atom. The Hall–Kier alpha value is -2.55. The van der Waals surface area contributed by atoms with Crippen molar-refractivity contribution >= 4 is 27.5 Å². The summed E-state index contributed by atoms with van der Waals surface area (Å²) in [6.07, 6.45) is 0.0854. The Labute approximate surface area is 151 Å². The number of carbonyl (C=O) groups is 2. The maximum atomic E-state index is 12.6. The molecule has 2 aromatic carbocycles. The van der Waals surface area contributed by atoms with Crippen molar-refractivity contribution in [1.29, 1.82) is 0 Å². The highest BCUT2D eigenvalue weighted by atomic mass is 32.2. The molecule has 3 N–H and O–H groups in total. The molecular weight excluding hydrogens is 354 g/mol. The quantitative estimate of drug-likeness (QED) is 0.762. The minimum absolute atomic E-state index is 0.0268. The number of hydrogen-bond donors (Lipinski definition) is 2. The number of nitrogens with zero attached hydrogens (tertiary/aromatic N) is 1. The number of sulfonamides is 1. The molecule has 1 aliphatic rings. The van der Waals surface area contributed by atoms with E-state index in [1.54, 1.807) is 30.3 Å². The molecule has 0 aromatic heterocycles. The number of hydrogen-bond acceptors (Lipinski definition) is 5. The number of nitrogens with two attached hydrogens (primary N) is 1. The monoisotopic (exact) mass is 373 g/mol. The lowest BCUT2D eigenvalue weighted by Gasteiger charge is -2.16. The van der Waals surface area contributed by atoms with Crippen molar-refractivity contribution in [2.24, 2.45) is 5.14 Å². The van der Waals surface area contributed by atoms with Gasteiger partial charge in [0, 0.05) is 6.54 Å². The zero-order valence-corrected chi connectivity index (χ0v) is 15.0. The van der Waals surface area contributed by atoms with Gasteiger partial charge in [-0.05, 0) is 42.3 Å². The van der Waals surface area contributed by atoms with E-state index >= 15 is 0 Å². The summed E-state index contributed by atoms with van der Waals surface area (Å²) in [7, 11) is -3.73. The molecule has 0 saturated carbocycles. The van der Waals surface area contributed by atoms with E-state index in [2.05, 4.69) is 5.32 Å². The lowest BCUT2D eigenvalue weighted by atomic mass is 10.2. The van der Waals surface area contributed by atoms with Crippen molar-refractivity contribution in [2.45, 2.75) is 30.8 Å². The summed E-state index contributed by atoms with van der Waals surface area (Å²) in [4.78, 5) is 26.1. The van der Waals surface area contributed by atoms with Crippen molar-refractivity contribution in [2.75, 3.05) is 4.90 Å². The topological polar surface area (TPSA) is 110 Å². The molecule has 0 aliphatic carbocycles. The molecule has 0 radical (unpaired) electrons. The first kappa shape index (κ1) is 18.2. The van der Waals surface area contributed by atoms with Gasteiger partial charge in [0.05, 0.1) is 23.0 Å². The average molecular weight is 373 g/mol. The summed E-state index contributed by atoms with van der Waals surface area (Å²) in [6, 6.07) is 12.7. The molecule has 8 heteroatoms. The van der Waals surface area contributed by atoms with Gasteiger partial charge in [0.1, 0.15) is 0 Å². The standard InChI is InChI=1S/C18H19N3O4S/c1-12-3-2-4-14(9-12)21-17(22)10-16(18(21)23)20-11-13-5-7-15(8-6-13)26(19,24)25/h2-9,16,20H,10-11H2,1H3,(H2,19,24,25)/t16-/m1/s1. The molecule has 0 unspecified atom stereocenters. The Kier molecular flexibility index (Phi) is 4.90. The van der Waals surface area contributed by atoms with Crippen molar-refractivity contribution in [3.8, 4) is 0 Å². The van der Waals surface area contributed by atoms with Crippen LogP contribution >= 0.6 is 0 Å². The van der Waals surface area contributed by atoms with Gasteiger partial charge in [-0.3, -0.25) is 9.59 Å². The van der Waals surface area contributed by atoms with E-state index < -0.39 is 16.1 Å². The van der Waals surface area contributed by atoms with E-state index in [1.165, 1.54) is 17.0 Å². The molecular formula is C18H19N3O4S. The number of imide groups is 1. The second-order valence-corrected chi connectivity index (χ2v) is 7.79. The zero-order valence-electron chi connectivity index (χ0n) is 14.2. The molecule has 3 rings (SSSR count). The SMILES string of the molecule is Cc1cccc(N2C(=O)C[C@@H](NCc3ccc(S(N)(=O)=O)cc3)C2=O)c1. The van der Waals surface area contributed by atoms with E-state index in [9.17, 15) is 18.0 Å². The molecule has 1 heterocycles. The van der Waals surface area contributed by atoms with Crippen LogP contribution in [0.2, 0.25) is 0 Å². The Morgan fingerprint density at radius 2 is 1.85 bits per heavy atom. The fourth-order valence-electron chi connectivity index (χ4n) is 2.87. The first-order chi connectivity index (χ1) is 12.3. The lowest BCUT2D eigenvalue weighted by molar-refractivity contribution is -0.121. The molecule has 136 valence electrons. The van der Waals surface area contributed by atoms with Gasteiger partial charge in [-0.1, -0.05) is 24.3 Å². The van der Waals surface area contributed by atoms with Crippen LogP contribution in [-0.4, -0.2) is 26.3 Å².